The summed E-state index contributed by atoms with van der Waals surface area (Å²) in [6, 6.07) is 10.7. The Balaban J connectivity index is 1.63. The smallest absolute Gasteiger partial charge is 0.292 e. The average Bonchev–Trinajstić information content (AvgIpc) is 3.48. The van der Waals surface area contributed by atoms with Crippen LogP contribution in [0.2, 0.25) is 0 Å². The standard InChI is InChI=1S/C20H14FN7O3/c1-11-9-16(23-19(30)15-7-4-8-31-15)28(26-11)20-24-17-12(18(29)25-20)10-22-27(17)14-6-3-2-5-13(14)21/h2-10H,1H3,(H,23,30)(H,24,25,29). The summed E-state index contributed by atoms with van der Waals surface area (Å²) >= 11 is 0. The van der Waals surface area contributed by atoms with Crippen molar-refractivity contribution < 1.29 is 13.6 Å². The fraction of sp³-hybridized carbons (Fsp3) is 0.0500. The Morgan fingerprint density at radius 3 is 2.81 bits per heavy atom. The number of nitrogens with one attached hydrogen (secondary N) is 2. The predicted molar refractivity (Wildman–Crippen MR) is 108 cm³/mol. The first kappa shape index (κ1) is 18.5. The molecule has 5 rings (SSSR count). The molecule has 0 aliphatic heterocycles. The third kappa shape index (κ3) is 3.17. The second-order valence-electron chi connectivity index (χ2n) is 6.65. The molecule has 0 fully saturated rings. The molecule has 5 aromatic rings. The van der Waals surface area contributed by atoms with Gasteiger partial charge < -0.3 is 9.73 Å². The summed E-state index contributed by atoms with van der Waals surface area (Å²) in [7, 11) is 0. The third-order valence-corrected chi connectivity index (χ3v) is 4.52. The number of benzene rings is 1. The zero-order valence-electron chi connectivity index (χ0n) is 16.0. The summed E-state index contributed by atoms with van der Waals surface area (Å²) in [4.78, 5) is 32.1. The van der Waals surface area contributed by atoms with Crippen LogP contribution in [0.4, 0.5) is 10.2 Å². The lowest BCUT2D eigenvalue weighted by molar-refractivity contribution is 0.0996. The second kappa shape index (κ2) is 7.06. The van der Waals surface area contributed by atoms with E-state index in [-0.39, 0.29) is 34.2 Å². The van der Waals surface area contributed by atoms with Crippen molar-refractivity contribution in [1.29, 1.82) is 0 Å². The first-order valence-electron chi connectivity index (χ1n) is 9.16. The Bertz CT molecular complexity index is 1480. The molecule has 0 aliphatic rings. The molecule has 10 nitrogen and oxygen atoms in total. The molecule has 0 aliphatic carbocycles. The van der Waals surface area contributed by atoms with Crippen LogP contribution in [0.1, 0.15) is 16.2 Å². The minimum atomic E-state index is -0.516. The molecule has 4 aromatic heterocycles. The van der Waals surface area contributed by atoms with E-state index in [2.05, 4.69) is 25.5 Å². The van der Waals surface area contributed by atoms with E-state index in [0.717, 1.165) is 0 Å². The molecule has 0 saturated carbocycles. The minimum Gasteiger partial charge on any atom is -0.459 e. The van der Waals surface area contributed by atoms with E-state index < -0.39 is 17.3 Å². The Morgan fingerprint density at radius 2 is 2.03 bits per heavy atom. The molecule has 0 bridgehead atoms. The molecule has 0 atom stereocenters. The maximum atomic E-state index is 14.3. The molecule has 0 radical (unpaired) electrons. The van der Waals surface area contributed by atoms with Crippen LogP contribution in [0.25, 0.3) is 22.7 Å². The molecule has 0 spiro atoms. The number of carbonyl (C=O) groups excluding carboxylic acids is 1. The van der Waals surface area contributed by atoms with Crippen molar-refractivity contribution in [1.82, 2.24) is 29.5 Å². The normalized spacial score (nSPS) is 11.2. The fourth-order valence-electron chi connectivity index (χ4n) is 3.14. The molecule has 11 heteroatoms. The highest BCUT2D eigenvalue weighted by molar-refractivity contribution is 6.01. The van der Waals surface area contributed by atoms with Crippen molar-refractivity contribution in [3.8, 4) is 11.6 Å². The summed E-state index contributed by atoms with van der Waals surface area (Å²) < 4.78 is 21.9. The molecule has 0 unspecified atom stereocenters. The van der Waals surface area contributed by atoms with Crippen LogP contribution < -0.4 is 10.9 Å². The number of H-pyrrole nitrogens is 1. The fourth-order valence-corrected chi connectivity index (χ4v) is 3.14. The Hall–Kier alpha value is -4.54. The maximum absolute atomic E-state index is 14.3. The van der Waals surface area contributed by atoms with Gasteiger partial charge in [-0.3, -0.25) is 14.6 Å². The van der Waals surface area contributed by atoms with Gasteiger partial charge >= 0.3 is 0 Å². The SMILES string of the molecule is Cc1cc(NC(=O)c2ccco2)n(-c2nc3c(cnn3-c3ccccc3F)c(=O)[nH]2)n1. The van der Waals surface area contributed by atoms with Gasteiger partial charge in [0.05, 0.1) is 18.2 Å². The molecule has 154 valence electrons. The van der Waals surface area contributed by atoms with Crippen LogP contribution in [-0.2, 0) is 0 Å². The summed E-state index contributed by atoms with van der Waals surface area (Å²) in [6.07, 6.45) is 2.69. The lowest BCUT2D eigenvalue weighted by Crippen LogP contribution is -2.19. The Labute approximate surface area is 173 Å². The van der Waals surface area contributed by atoms with Crippen molar-refractivity contribution in [2.45, 2.75) is 6.92 Å². The average molecular weight is 419 g/mol. The molecule has 1 amide bonds. The summed E-state index contributed by atoms with van der Waals surface area (Å²) in [5, 5.41) is 11.3. The summed E-state index contributed by atoms with van der Waals surface area (Å²) in [5.74, 6) is -0.611. The van der Waals surface area contributed by atoms with Gasteiger partial charge in [-0.05, 0) is 31.2 Å². The third-order valence-electron chi connectivity index (χ3n) is 4.52. The highest BCUT2D eigenvalue weighted by Crippen LogP contribution is 2.20. The number of rotatable bonds is 4. The van der Waals surface area contributed by atoms with Crippen molar-refractivity contribution in [3.63, 3.8) is 0 Å². The van der Waals surface area contributed by atoms with Crippen molar-refractivity contribution in [3.05, 3.63) is 82.5 Å². The topological polar surface area (TPSA) is 124 Å². The molecular formula is C20H14FN7O3. The quantitative estimate of drug-likeness (QED) is 0.462. The number of nitrogens with zero attached hydrogens (tertiary/aromatic N) is 5. The number of aromatic nitrogens is 6. The number of aryl methyl sites for hydroxylation is 1. The van der Waals surface area contributed by atoms with Gasteiger partial charge in [-0.15, -0.1) is 0 Å². The minimum absolute atomic E-state index is 0.0263. The van der Waals surface area contributed by atoms with Crippen LogP contribution in [0.3, 0.4) is 0 Å². The van der Waals surface area contributed by atoms with Crippen LogP contribution in [0.15, 0.2) is 64.1 Å². The number of anilines is 1. The number of furan rings is 1. The number of halogens is 1. The molecule has 4 heterocycles. The first-order valence-corrected chi connectivity index (χ1v) is 9.16. The summed E-state index contributed by atoms with van der Waals surface area (Å²) in [6.45, 7) is 1.72. The van der Waals surface area contributed by atoms with E-state index in [0.29, 0.717) is 5.69 Å². The maximum Gasteiger partial charge on any atom is 0.292 e. The van der Waals surface area contributed by atoms with Gasteiger partial charge in [-0.25, -0.2) is 9.07 Å². The highest BCUT2D eigenvalue weighted by atomic mass is 19.1. The van der Waals surface area contributed by atoms with Gasteiger partial charge in [-0.1, -0.05) is 12.1 Å². The number of hydrogen-bond donors (Lipinski definition) is 2. The largest absolute Gasteiger partial charge is 0.459 e. The molecule has 2 N–H and O–H groups in total. The lowest BCUT2D eigenvalue weighted by atomic mass is 10.3. The van der Waals surface area contributed by atoms with Gasteiger partial charge in [0.25, 0.3) is 11.5 Å². The van der Waals surface area contributed by atoms with E-state index in [9.17, 15) is 14.0 Å². The van der Waals surface area contributed by atoms with Crippen molar-refractivity contribution in [2.24, 2.45) is 0 Å². The monoisotopic (exact) mass is 419 g/mol. The van der Waals surface area contributed by atoms with Crippen molar-refractivity contribution in [2.75, 3.05) is 5.32 Å². The summed E-state index contributed by atoms with van der Waals surface area (Å²) in [5.41, 5.74) is 0.365. The second-order valence-corrected chi connectivity index (χ2v) is 6.65. The van der Waals surface area contributed by atoms with Crippen molar-refractivity contribution >= 4 is 22.8 Å². The van der Waals surface area contributed by atoms with Gasteiger partial charge in [0.1, 0.15) is 22.7 Å². The van der Waals surface area contributed by atoms with E-state index in [1.54, 1.807) is 31.2 Å². The predicted octanol–water partition coefficient (Wildman–Crippen LogP) is 2.59. The van der Waals surface area contributed by atoms with Crippen LogP contribution in [-0.4, -0.2) is 35.4 Å². The number of carbonyl (C=O) groups is 1. The van der Waals surface area contributed by atoms with Gasteiger partial charge in [0.2, 0.25) is 5.95 Å². The zero-order chi connectivity index (χ0) is 21.5. The lowest BCUT2D eigenvalue weighted by Gasteiger charge is -2.08. The van der Waals surface area contributed by atoms with Gasteiger partial charge in [0.15, 0.2) is 11.4 Å². The van der Waals surface area contributed by atoms with Crippen LogP contribution >= 0.6 is 0 Å². The number of amides is 1. The number of aromatic amines is 1. The van der Waals surface area contributed by atoms with Gasteiger partial charge in [0, 0.05) is 6.07 Å². The molecule has 31 heavy (non-hydrogen) atoms. The van der Waals surface area contributed by atoms with E-state index in [1.165, 1.54) is 40.0 Å². The Kier molecular flexibility index (Phi) is 4.21. The van der Waals surface area contributed by atoms with E-state index in [4.69, 9.17) is 4.42 Å². The highest BCUT2D eigenvalue weighted by Gasteiger charge is 2.19. The molecule has 0 saturated heterocycles. The molecular weight excluding hydrogens is 405 g/mol. The first-order chi connectivity index (χ1) is 15.0. The van der Waals surface area contributed by atoms with Crippen LogP contribution in [0, 0.1) is 12.7 Å². The van der Waals surface area contributed by atoms with E-state index in [1.807, 2.05) is 0 Å². The van der Waals surface area contributed by atoms with E-state index >= 15 is 0 Å². The van der Waals surface area contributed by atoms with Crippen LogP contribution in [0.5, 0.6) is 0 Å². The Morgan fingerprint density at radius 1 is 1.19 bits per heavy atom. The van der Waals surface area contributed by atoms with Gasteiger partial charge in [-0.2, -0.15) is 19.9 Å². The number of hydrogen-bond acceptors (Lipinski definition) is 6. The molecule has 1 aromatic carbocycles. The number of fused-ring (bicyclic) bond motifs is 1. The number of para-hydroxylation sites is 1. The zero-order valence-corrected chi connectivity index (χ0v) is 16.0.